The van der Waals surface area contributed by atoms with Crippen LogP contribution < -0.4 is 15.5 Å². The van der Waals surface area contributed by atoms with E-state index in [1.807, 2.05) is 33.7 Å². The Bertz CT molecular complexity index is 1420. The lowest BCUT2D eigenvalue weighted by Gasteiger charge is -2.46. The number of nitrogens with zero attached hydrogens (tertiary/aromatic N) is 5. The molecule has 3 aromatic rings. The second-order valence-corrected chi connectivity index (χ2v) is 10.9. The van der Waals surface area contributed by atoms with Gasteiger partial charge in [0.15, 0.2) is 0 Å². The fourth-order valence-corrected chi connectivity index (χ4v) is 6.19. The zero-order valence-electron chi connectivity index (χ0n) is 23.5. The lowest BCUT2D eigenvalue weighted by Crippen LogP contribution is -2.59. The van der Waals surface area contributed by atoms with E-state index >= 15 is 0 Å². The van der Waals surface area contributed by atoms with E-state index in [-0.39, 0.29) is 29.7 Å². The summed E-state index contributed by atoms with van der Waals surface area (Å²) in [4.78, 5) is 37.7. The van der Waals surface area contributed by atoms with Crippen LogP contribution in [-0.4, -0.2) is 51.6 Å². The van der Waals surface area contributed by atoms with E-state index < -0.39 is 0 Å². The van der Waals surface area contributed by atoms with Crippen molar-refractivity contribution in [2.75, 3.05) is 22.9 Å². The van der Waals surface area contributed by atoms with Crippen molar-refractivity contribution in [3.8, 4) is 5.69 Å². The van der Waals surface area contributed by atoms with Crippen LogP contribution in [0.25, 0.3) is 5.69 Å². The minimum absolute atomic E-state index is 0.0151. The summed E-state index contributed by atoms with van der Waals surface area (Å²) < 4.78 is 1.86. The summed E-state index contributed by atoms with van der Waals surface area (Å²) in [5, 5.41) is 0. The number of aromatic nitrogens is 2. The van der Waals surface area contributed by atoms with Gasteiger partial charge in [0.2, 0.25) is 5.91 Å². The summed E-state index contributed by atoms with van der Waals surface area (Å²) in [6, 6.07) is 18.9. The monoisotopic (exact) mass is 525 g/mol. The van der Waals surface area contributed by atoms with Gasteiger partial charge in [0.05, 0.1) is 17.9 Å². The van der Waals surface area contributed by atoms with Crippen molar-refractivity contribution in [2.24, 2.45) is 0 Å². The summed E-state index contributed by atoms with van der Waals surface area (Å²) in [5.74, 6) is 0.711. The van der Waals surface area contributed by atoms with Crippen LogP contribution in [0, 0.1) is 0 Å². The molecule has 7 heteroatoms. The van der Waals surface area contributed by atoms with E-state index in [9.17, 15) is 9.59 Å². The molecule has 2 aliphatic heterocycles. The third kappa shape index (κ3) is 4.98. The number of para-hydroxylation sites is 2. The molecule has 0 bridgehead atoms. The van der Waals surface area contributed by atoms with Crippen LogP contribution in [0.3, 0.4) is 0 Å². The van der Waals surface area contributed by atoms with E-state index in [2.05, 4.69) is 74.4 Å². The Morgan fingerprint density at radius 3 is 2.41 bits per heavy atom. The molecule has 2 aromatic carbocycles. The van der Waals surface area contributed by atoms with E-state index in [0.717, 1.165) is 53.3 Å². The predicted octanol–water partition coefficient (Wildman–Crippen LogP) is 4.75. The Morgan fingerprint density at radius 1 is 0.974 bits per heavy atom. The Hall–Kier alpha value is -3.87. The number of rotatable bonds is 6. The Balaban J connectivity index is 1.67. The first-order valence-electron chi connectivity index (χ1n) is 14.1. The van der Waals surface area contributed by atoms with E-state index in [1.54, 1.807) is 0 Å². The summed E-state index contributed by atoms with van der Waals surface area (Å²) in [6.45, 7) is 14.0. The Kier molecular flexibility index (Phi) is 7.60. The van der Waals surface area contributed by atoms with Gasteiger partial charge >= 0.3 is 5.69 Å². The standard InChI is InChI=1S/C32H39N5O2/c1-6-13-25-14-11-12-17-28(25)37-29-21-34(26-15-9-8-10-16-26)22(3)18-27(29)31(33-32(37)39)36-20-23(4)35(19-24(36)5)30(38)7-2/h7-12,14-17,22-24H,2,6,13,18-21H2,1,3-5H3. The molecule has 0 spiro atoms. The number of piperazine rings is 1. The molecule has 1 fully saturated rings. The lowest BCUT2D eigenvalue weighted by atomic mass is 9.95. The van der Waals surface area contributed by atoms with Gasteiger partial charge in [-0.25, -0.2) is 4.79 Å². The minimum Gasteiger partial charge on any atom is -0.363 e. The van der Waals surface area contributed by atoms with E-state index in [4.69, 9.17) is 4.98 Å². The van der Waals surface area contributed by atoms with Crippen LogP contribution in [0.15, 0.2) is 72.0 Å². The first-order valence-corrected chi connectivity index (χ1v) is 14.1. The van der Waals surface area contributed by atoms with Gasteiger partial charge in [0, 0.05) is 42.5 Å². The Morgan fingerprint density at radius 2 is 1.69 bits per heavy atom. The lowest BCUT2D eigenvalue weighted by molar-refractivity contribution is -0.128. The van der Waals surface area contributed by atoms with Crippen LogP contribution >= 0.6 is 0 Å². The zero-order valence-corrected chi connectivity index (χ0v) is 23.5. The second-order valence-electron chi connectivity index (χ2n) is 10.9. The first-order chi connectivity index (χ1) is 18.8. The van der Waals surface area contributed by atoms with Gasteiger partial charge in [-0.3, -0.25) is 9.36 Å². The summed E-state index contributed by atoms with van der Waals surface area (Å²) >= 11 is 0. The van der Waals surface area contributed by atoms with Gasteiger partial charge in [0.1, 0.15) is 5.82 Å². The number of fused-ring (bicyclic) bond motifs is 1. The SMILES string of the molecule is C=CC(=O)N1CC(C)N(c2nc(=O)n(-c3ccccc3CCC)c3c2CC(C)N(c2ccccc2)C3)CC1C. The zero-order chi connectivity index (χ0) is 27.7. The molecule has 1 amide bonds. The molecule has 2 aliphatic rings. The summed E-state index contributed by atoms with van der Waals surface area (Å²) in [7, 11) is 0. The second kappa shape index (κ2) is 11.1. The molecule has 7 nitrogen and oxygen atoms in total. The van der Waals surface area contributed by atoms with Gasteiger partial charge in [0.25, 0.3) is 0 Å². The van der Waals surface area contributed by atoms with Crippen molar-refractivity contribution in [2.45, 2.75) is 71.6 Å². The van der Waals surface area contributed by atoms with Gasteiger partial charge in [-0.15, -0.1) is 0 Å². The highest BCUT2D eigenvalue weighted by Crippen LogP contribution is 2.35. The number of carbonyl (C=O) groups excluding carboxylic acids is 1. The highest BCUT2D eigenvalue weighted by atomic mass is 16.2. The van der Waals surface area contributed by atoms with Crippen LogP contribution in [0.1, 0.15) is 50.9 Å². The maximum Gasteiger partial charge on any atom is 0.354 e. The highest BCUT2D eigenvalue weighted by Gasteiger charge is 2.36. The number of amides is 1. The number of carbonyl (C=O) groups is 1. The molecule has 0 saturated carbocycles. The molecule has 39 heavy (non-hydrogen) atoms. The Labute approximate surface area is 231 Å². The van der Waals surface area contributed by atoms with Crippen molar-refractivity contribution in [3.05, 3.63) is 94.6 Å². The maximum atomic E-state index is 14.0. The molecule has 3 unspecified atom stereocenters. The minimum atomic E-state index is -0.251. The summed E-state index contributed by atoms with van der Waals surface area (Å²) in [6.07, 6.45) is 4.05. The predicted molar refractivity (Wildman–Crippen MR) is 158 cm³/mol. The molecular weight excluding hydrogens is 486 g/mol. The van der Waals surface area contributed by atoms with Gasteiger partial charge in [-0.05, 0) is 63.5 Å². The molecule has 5 rings (SSSR count). The third-order valence-corrected chi connectivity index (χ3v) is 8.19. The quantitative estimate of drug-likeness (QED) is 0.435. The molecule has 204 valence electrons. The fraction of sp³-hybridized carbons (Fsp3) is 0.406. The molecule has 1 saturated heterocycles. The number of anilines is 2. The molecular formula is C32H39N5O2. The van der Waals surface area contributed by atoms with Crippen molar-refractivity contribution < 1.29 is 4.79 Å². The van der Waals surface area contributed by atoms with E-state index in [0.29, 0.717) is 19.6 Å². The smallest absolute Gasteiger partial charge is 0.354 e. The van der Waals surface area contributed by atoms with Crippen LogP contribution in [-0.2, 0) is 24.2 Å². The van der Waals surface area contributed by atoms with Crippen molar-refractivity contribution in [1.29, 1.82) is 0 Å². The average molecular weight is 526 g/mol. The maximum absolute atomic E-state index is 14.0. The van der Waals surface area contributed by atoms with Gasteiger partial charge in [-0.1, -0.05) is 56.3 Å². The molecule has 0 N–H and O–H groups in total. The highest BCUT2D eigenvalue weighted by molar-refractivity contribution is 5.87. The summed E-state index contributed by atoms with van der Waals surface area (Å²) in [5.41, 5.74) is 5.10. The normalized spacial score (nSPS) is 21.0. The molecule has 3 atom stereocenters. The largest absolute Gasteiger partial charge is 0.363 e. The van der Waals surface area contributed by atoms with Crippen molar-refractivity contribution in [3.63, 3.8) is 0 Å². The third-order valence-electron chi connectivity index (χ3n) is 8.19. The van der Waals surface area contributed by atoms with Crippen LogP contribution in [0.4, 0.5) is 11.5 Å². The van der Waals surface area contributed by atoms with Crippen LogP contribution in [0.5, 0.6) is 0 Å². The number of benzene rings is 2. The van der Waals surface area contributed by atoms with E-state index in [1.165, 1.54) is 6.08 Å². The fourth-order valence-electron chi connectivity index (χ4n) is 6.19. The molecule has 3 heterocycles. The molecule has 1 aromatic heterocycles. The molecule has 0 aliphatic carbocycles. The van der Waals surface area contributed by atoms with Crippen LogP contribution in [0.2, 0.25) is 0 Å². The van der Waals surface area contributed by atoms with Gasteiger partial charge < -0.3 is 14.7 Å². The van der Waals surface area contributed by atoms with Gasteiger partial charge in [-0.2, -0.15) is 4.98 Å². The number of aryl methyl sites for hydroxylation is 1. The number of hydrogen-bond acceptors (Lipinski definition) is 5. The molecule has 0 radical (unpaired) electrons. The van der Waals surface area contributed by atoms with Crippen molar-refractivity contribution >= 4 is 17.4 Å². The topological polar surface area (TPSA) is 61.7 Å². The van der Waals surface area contributed by atoms with Crippen molar-refractivity contribution in [1.82, 2.24) is 14.5 Å². The first kappa shape index (κ1) is 26.7. The average Bonchev–Trinajstić information content (AvgIpc) is 2.94. The number of hydrogen-bond donors (Lipinski definition) is 0.